The summed E-state index contributed by atoms with van der Waals surface area (Å²) in [5, 5.41) is 0. The van der Waals surface area contributed by atoms with Crippen LogP contribution in [0.4, 0.5) is 0 Å². The van der Waals surface area contributed by atoms with E-state index in [0.717, 1.165) is 11.1 Å². The van der Waals surface area contributed by atoms with E-state index in [4.69, 9.17) is 0 Å². The van der Waals surface area contributed by atoms with Gasteiger partial charge in [0, 0.05) is 0 Å². The van der Waals surface area contributed by atoms with E-state index in [1.165, 1.54) is 13.0 Å². The van der Waals surface area contributed by atoms with Crippen LogP contribution in [0.25, 0.3) is 0 Å². The van der Waals surface area contributed by atoms with E-state index in [1.54, 1.807) is 12.1 Å². The highest BCUT2D eigenvalue weighted by Crippen LogP contribution is 2.33. The van der Waals surface area contributed by atoms with Crippen molar-refractivity contribution in [1.82, 2.24) is 0 Å². The van der Waals surface area contributed by atoms with E-state index >= 15 is 0 Å². The summed E-state index contributed by atoms with van der Waals surface area (Å²) in [7, 11) is -4.22. The Bertz CT molecular complexity index is 517. The minimum atomic E-state index is -4.22. The topological polar surface area (TPSA) is 54.4 Å². The molecule has 1 aromatic carbocycles. The fourth-order valence-corrected chi connectivity index (χ4v) is 2.35. The predicted octanol–water partition coefficient (Wildman–Crippen LogP) is 2.59. The lowest BCUT2D eigenvalue weighted by Gasteiger charge is -2.25. The molecule has 0 saturated heterocycles. The van der Waals surface area contributed by atoms with Gasteiger partial charge in [0.15, 0.2) is 0 Å². The summed E-state index contributed by atoms with van der Waals surface area (Å²) < 4.78 is 30.7. The van der Waals surface area contributed by atoms with Crippen molar-refractivity contribution >= 4 is 10.1 Å². The Balaban J connectivity index is 3.59. The maximum atomic E-state index is 11.4. The van der Waals surface area contributed by atoms with Crippen molar-refractivity contribution in [1.29, 1.82) is 0 Å². The number of aryl methyl sites for hydroxylation is 1. The van der Waals surface area contributed by atoms with Gasteiger partial charge in [0.1, 0.15) is 4.75 Å². The number of rotatable bonds is 3. The standard InChI is InChI=1S/C12H16O3S/c1-5-12(4,16(13,14)15)11-8-6-7-9(2)10(11)3/h5-8H,1H2,2-4H3,(H,13,14,15). The molecule has 1 atom stereocenters. The van der Waals surface area contributed by atoms with E-state index < -0.39 is 14.9 Å². The van der Waals surface area contributed by atoms with Crippen molar-refractivity contribution in [3.63, 3.8) is 0 Å². The second-order valence-electron chi connectivity index (χ2n) is 4.03. The zero-order chi connectivity index (χ0) is 12.6. The normalized spacial score (nSPS) is 15.5. The van der Waals surface area contributed by atoms with Gasteiger partial charge in [0.25, 0.3) is 10.1 Å². The molecule has 0 aromatic heterocycles. The minimum Gasteiger partial charge on any atom is -0.285 e. The van der Waals surface area contributed by atoms with Gasteiger partial charge in [-0.3, -0.25) is 4.55 Å². The van der Waals surface area contributed by atoms with Crippen LogP contribution in [-0.2, 0) is 14.9 Å². The molecule has 1 rings (SSSR count). The van der Waals surface area contributed by atoms with Gasteiger partial charge in [-0.15, -0.1) is 6.58 Å². The van der Waals surface area contributed by atoms with Crippen LogP contribution in [0, 0.1) is 13.8 Å². The number of hydrogen-bond donors (Lipinski definition) is 1. The van der Waals surface area contributed by atoms with E-state index in [-0.39, 0.29) is 0 Å². The van der Waals surface area contributed by atoms with Gasteiger partial charge in [-0.25, -0.2) is 0 Å². The zero-order valence-corrected chi connectivity index (χ0v) is 10.5. The largest absolute Gasteiger partial charge is 0.285 e. The van der Waals surface area contributed by atoms with Crippen molar-refractivity contribution in [2.75, 3.05) is 0 Å². The second-order valence-corrected chi connectivity index (χ2v) is 5.83. The molecule has 0 amide bonds. The zero-order valence-electron chi connectivity index (χ0n) is 9.69. The molecule has 0 aliphatic carbocycles. The molecule has 0 radical (unpaired) electrons. The molecular formula is C12H16O3S. The summed E-state index contributed by atoms with van der Waals surface area (Å²) in [5.41, 5.74) is 2.39. The Hall–Kier alpha value is -1.13. The molecule has 0 fully saturated rings. The van der Waals surface area contributed by atoms with Crippen LogP contribution in [0.3, 0.4) is 0 Å². The molecule has 16 heavy (non-hydrogen) atoms. The van der Waals surface area contributed by atoms with Crippen molar-refractivity contribution in [2.45, 2.75) is 25.5 Å². The van der Waals surface area contributed by atoms with Gasteiger partial charge in [0.05, 0.1) is 0 Å². The summed E-state index contributed by atoms with van der Waals surface area (Å²) in [6.07, 6.45) is 1.25. The van der Waals surface area contributed by atoms with E-state index in [9.17, 15) is 13.0 Å². The average molecular weight is 240 g/mol. The van der Waals surface area contributed by atoms with E-state index in [0.29, 0.717) is 5.56 Å². The predicted molar refractivity (Wildman–Crippen MR) is 65.0 cm³/mol. The highest BCUT2D eigenvalue weighted by atomic mass is 32.2. The first-order chi connectivity index (χ1) is 7.24. The molecule has 0 heterocycles. The lowest BCUT2D eigenvalue weighted by Crippen LogP contribution is -2.30. The molecule has 88 valence electrons. The summed E-state index contributed by atoms with van der Waals surface area (Å²) in [4.78, 5) is 0. The quantitative estimate of drug-likeness (QED) is 0.652. The highest BCUT2D eigenvalue weighted by Gasteiger charge is 2.38. The van der Waals surface area contributed by atoms with Crippen molar-refractivity contribution in [3.05, 3.63) is 47.5 Å². The van der Waals surface area contributed by atoms with Gasteiger partial charge in [-0.05, 0) is 37.5 Å². The highest BCUT2D eigenvalue weighted by molar-refractivity contribution is 7.87. The van der Waals surface area contributed by atoms with Gasteiger partial charge in [-0.2, -0.15) is 8.42 Å². The Kier molecular flexibility index (Phi) is 3.26. The molecule has 0 saturated carbocycles. The summed E-state index contributed by atoms with van der Waals surface area (Å²) >= 11 is 0. The van der Waals surface area contributed by atoms with E-state index in [2.05, 4.69) is 6.58 Å². The molecule has 0 aliphatic heterocycles. The van der Waals surface area contributed by atoms with Crippen molar-refractivity contribution in [3.8, 4) is 0 Å². The number of benzene rings is 1. The van der Waals surface area contributed by atoms with Gasteiger partial charge < -0.3 is 0 Å². The third kappa shape index (κ3) is 1.90. The van der Waals surface area contributed by atoms with Gasteiger partial charge >= 0.3 is 0 Å². The van der Waals surface area contributed by atoms with E-state index in [1.807, 2.05) is 19.9 Å². The first-order valence-electron chi connectivity index (χ1n) is 4.91. The van der Waals surface area contributed by atoms with Crippen molar-refractivity contribution in [2.24, 2.45) is 0 Å². The van der Waals surface area contributed by atoms with Gasteiger partial charge in [-0.1, -0.05) is 24.3 Å². The maximum Gasteiger partial charge on any atom is 0.278 e. The summed E-state index contributed by atoms with van der Waals surface area (Å²) in [5.74, 6) is 0. The number of hydrogen-bond acceptors (Lipinski definition) is 2. The first-order valence-corrected chi connectivity index (χ1v) is 6.35. The molecule has 0 spiro atoms. The molecule has 0 aliphatic rings. The SMILES string of the molecule is C=CC(C)(c1cccc(C)c1C)S(=O)(=O)O. The monoisotopic (exact) mass is 240 g/mol. The second kappa shape index (κ2) is 4.03. The molecule has 4 heteroatoms. The molecule has 1 aromatic rings. The maximum absolute atomic E-state index is 11.4. The smallest absolute Gasteiger partial charge is 0.278 e. The van der Waals surface area contributed by atoms with Crippen LogP contribution in [0.1, 0.15) is 23.6 Å². The van der Waals surface area contributed by atoms with Crippen LogP contribution >= 0.6 is 0 Å². The minimum absolute atomic E-state index is 0.560. The molecule has 3 nitrogen and oxygen atoms in total. The third-order valence-electron chi connectivity index (χ3n) is 3.06. The average Bonchev–Trinajstić information content (AvgIpc) is 2.19. The first kappa shape index (κ1) is 12.9. The van der Waals surface area contributed by atoms with Crippen molar-refractivity contribution < 1.29 is 13.0 Å². The fraction of sp³-hybridized carbons (Fsp3) is 0.333. The van der Waals surface area contributed by atoms with Crippen LogP contribution in [0.15, 0.2) is 30.9 Å². The summed E-state index contributed by atoms with van der Waals surface area (Å²) in [6.45, 7) is 8.67. The lowest BCUT2D eigenvalue weighted by atomic mass is 9.93. The Morgan fingerprint density at radius 2 is 1.94 bits per heavy atom. The lowest BCUT2D eigenvalue weighted by molar-refractivity contribution is 0.455. The molecule has 1 N–H and O–H groups in total. The third-order valence-corrected chi connectivity index (χ3v) is 4.52. The Morgan fingerprint density at radius 1 is 1.38 bits per heavy atom. The Morgan fingerprint density at radius 3 is 2.38 bits per heavy atom. The Labute approximate surface area is 96.6 Å². The molecular weight excluding hydrogens is 224 g/mol. The fourth-order valence-electron chi connectivity index (χ4n) is 1.64. The van der Waals surface area contributed by atoms with Crippen LogP contribution < -0.4 is 0 Å². The summed E-state index contributed by atoms with van der Waals surface area (Å²) in [6, 6.07) is 5.36. The van der Waals surface area contributed by atoms with Gasteiger partial charge in [0.2, 0.25) is 0 Å². The molecule has 1 unspecified atom stereocenters. The van der Waals surface area contributed by atoms with Crippen LogP contribution in [-0.4, -0.2) is 13.0 Å². The van der Waals surface area contributed by atoms with Crippen LogP contribution in [0.2, 0.25) is 0 Å². The molecule has 0 bridgehead atoms. The van der Waals surface area contributed by atoms with Crippen LogP contribution in [0.5, 0.6) is 0 Å².